The van der Waals surface area contributed by atoms with E-state index in [4.69, 9.17) is 9.47 Å². The first-order chi connectivity index (χ1) is 9.92. The number of rotatable bonds is 5. The van der Waals surface area contributed by atoms with Crippen LogP contribution in [-0.4, -0.2) is 35.0 Å². The second-order valence-electron chi connectivity index (χ2n) is 5.04. The molecule has 0 bridgehead atoms. The van der Waals surface area contributed by atoms with E-state index in [1.165, 1.54) is 0 Å². The van der Waals surface area contributed by atoms with E-state index < -0.39 is 0 Å². The lowest BCUT2D eigenvalue weighted by atomic mass is 9.97. The molecule has 2 aromatic rings. The Bertz CT molecular complexity index is 504. The van der Waals surface area contributed by atoms with Gasteiger partial charge in [-0.2, -0.15) is 5.10 Å². The van der Waals surface area contributed by atoms with Crippen LogP contribution in [0.5, 0.6) is 5.75 Å². The van der Waals surface area contributed by atoms with Gasteiger partial charge in [-0.15, -0.1) is 0 Å². The molecule has 0 saturated carbocycles. The first-order valence-corrected chi connectivity index (χ1v) is 7.08. The number of nitrogens with one attached hydrogen (secondary N) is 1. The van der Waals surface area contributed by atoms with E-state index in [9.17, 15) is 0 Å². The number of H-pyrrole nitrogens is 1. The van der Waals surface area contributed by atoms with Gasteiger partial charge in [0.25, 0.3) is 0 Å². The average Bonchev–Trinajstić information content (AvgIpc) is 3.03. The molecule has 20 heavy (non-hydrogen) atoms. The molecule has 3 heterocycles. The zero-order valence-electron chi connectivity index (χ0n) is 11.4. The van der Waals surface area contributed by atoms with E-state index in [0.29, 0.717) is 0 Å². The first kappa shape index (κ1) is 13.1. The molecule has 0 unspecified atom stereocenters. The molecule has 2 aromatic heterocycles. The predicted molar refractivity (Wildman–Crippen MR) is 75.5 cm³/mol. The zero-order chi connectivity index (χ0) is 13.6. The predicted octanol–water partition coefficient (Wildman–Crippen LogP) is 2.67. The van der Waals surface area contributed by atoms with Crippen LogP contribution < -0.4 is 4.74 Å². The molecule has 1 aliphatic heterocycles. The summed E-state index contributed by atoms with van der Waals surface area (Å²) < 4.78 is 11.1. The highest BCUT2D eigenvalue weighted by molar-refractivity contribution is 5.53. The monoisotopic (exact) mass is 273 g/mol. The fourth-order valence-electron chi connectivity index (χ4n) is 2.40. The molecule has 0 atom stereocenters. The maximum Gasteiger partial charge on any atom is 0.137 e. The largest absolute Gasteiger partial charge is 0.492 e. The van der Waals surface area contributed by atoms with Crippen LogP contribution in [0.2, 0.25) is 0 Å². The standard InChI is InChI=1S/C15H19N3O2/c1-2-14(15-3-7-17-18-15)16-11-13(1)20-10-6-12-4-8-19-9-5-12/h1-3,7,11-12H,4-6,8-10H2,(H,17,18). The van der Waals surface area contributed by atoms with Gasteiger partial charge < -0.3 is 9.47 Å². The average molecular weight is 273 g/mol. The number of aromatic amines is 1. The summed E-state index contributed by atoms with van der Waals surface area (Å²) in [4.78, 5) is 4.37. The van der Waals surface area contributed by atoms with Crippen molar-refractivity contribution in [3.63, 3.8) is 0 Å². The van der Waals surface area contributed by atoms with Crippen molar-refractivity contribution in [1.29, 1.82) is 0 Å². The van der Waals surface area contributed by atoms with E-state index in [-0.39, 0.29) is 0 Å². The van der Waals surface area contributed by atoms with Crippen molar-refractivity contribution < 1.29 is 9.47 Å². The van der Waals surface area contributed by atoms with Crippen LogP contribution in [0.15, 0.2) is 30.6 Å². The molecule has 5 heteroatoms. The third-order valence-corrected chi connectivity index (χ3v) is 3.65. The molecule has 0 spiro atoms. The molecule has 0 aromatic carbocycles. The van der Waals surface area contributed by atoms with Gasteiger partial charge in [-0.25, -0.2) is 0 Å². The van der Waals surface area contributed by atoms with E-state index in [0.717, 1.165) is 62.1 Å². The van der Waals surface area contributed by atoms with Crippen molar-refractivity contribution in [2.75, 3.05) is 19.8 Å². The fraction of sp³-hybridized carbons (Fsp3) is 0.467. The fourth-order valence-corrected chi connectivity index (χ4v) is 2.40. The van der Waals surface area contributed by atoms with Gasteiger partial charge in [-0.1, -0.05) is 0 Å². The SMILES string of the molecule is c1cc(-c2ccc(OCCC3CCOCC3)cn2)[nH]n1. The van der Waals surface area contributed by atoms with E-state index >= 15 is 0 Å². The lowest BCUT2D eigenvalue weighted by molar-refractivity contribution is 0.0593. The van der Waals surface area contributed by atoms with E-state index in [2.05, 4.69) is 15.2 Å². The molecule has 0 radical (unpaired) electrons. The van der Waals surface area contributed by atoms with Crippen molar-refractivity contribution in [2.45, 2.75) is 19.3 Å². The molecule has 0 amide bonds. The van der Waals surface area contributed by atoms with Gasteiger partial charge in [-0.05, 0) is 43.4 Å². The summed E-state index contributed by atoms with van der Waals surface area (Å²) in [7, 11) is 0. The lowest BCUT2D eigenvalue weighted by Gasteiger charge is -2.21. The Morgan fingerprint density at radius 3 is 2.85 bits per heavy atom. The van der Waals surface area contributed by atoms with Gasteiger partial charge in [0.2, 0.25) is 0 Å². The van der Waals surface area contributed by atoms with Gasteiger partial charge in [-0.3, -0.25) is 10.1 Å². The normalized spacial score (nSPS) is 16.2. The number of aromatic nitrogens is 3. The minimum absolute atomic E-state index is 0.737. The Morgan fingerprint density at radius 1 is 1.25 bits per heavy atom. The van der Waals surface area contributed by atoms with Crippen molar-refractivity contribution in [3.8, 4) is 17.1 Å². The molecule has 5 nitrogen and oxygen atoms in total. The summed E-state index contributed by atoms with van der Waals surface area (Å²) in [6.45, 7) is 2.53. The van der Waals surface area contributed by atoms with Crippen molar-refractivity contribution in [1.82, 2.24) is 15.2 Å². The number of hydrogen-bond donors (Lipinski definition) is 1. The molecule has 1 N–H and O–H groups in total. The Morgan fingerprint density at radius 2 is 2.15 bits per heavy atom. The molecule has 1 aliphatic rings. The summed E-state index contributed by atoms with van der Waals surface area (Å²) >= 11 is 0. The van der Waals surface area contributed by atoms with Crippen LogP contribution >= 0.6 is 0 Å². The van der Waals surface area contributed by atoms with Gasteiger partial charge in [0.05, 0.1) is 24.2 Å². The van der Waals surface area contributed by atoms with Crippen LogP contribution in [0.1, 0.15) is 19.3 Å². The maximum absolute atomic E-state index is 5.75. The number of ether oxygens (including phenoxy) is 2. The third-order valence-electron chi connectivity index (χ3n) is 3.65. The smallest absolute Gasteiger partial charge is 0.137 e. The minimum atomic E-state index is 0.737. The molecular formula is C15H19N3O2. The molecule has 1 fully saturated rings. The molecule has 1 saturated heterocycles. The molecule has 0 aliphatic carbocycles. The number of nitrogens with zero attached hydrogens (tertiary/aromatic N) is 2. The van der Waals surface area contributed by atoms with Crippen LogP contribution in [-0.2, 0) is 4.74 Å². The summed E-state index contributed by atoms with van der Waals surface area (Å²) in [5.41, 5.74) is 1.79. The number of pyridine rings is 1. The van der Waals surface area contributed by atoms with E-state index in [1.54, 1.807) is 12.4 Å². The Kier molecular flexibility index (Phi) is 4.28. The lowest BCUT2D eigenvalue weighted by Crippen LogP contribution is -2.17. The zero-order valence-corrected chi connectivity index (χ0v) is 11.4. The van der Waals surface area contributed by atoms with Crippen LogP contribution in [0, 0.1) is 5.92 Å². The van der Waals surface area contributed by atoms with Gasteiger partial charge in [0.1, 0.15) is 5.75 Å². The second-order valence-corrected chi connectivity index (χ2v) is 5.04. The summed E-state index contributed by atoms with van der Waals surface area (Å²) in [6, 6.07) is 5.79. The Balaban J connectivity index is 1.48. The summed E-state index contributed by atoms with van der Waals surface area (Å²) in [6.07, 6.45) is 6.88. The van der Waals surface area contributed by atoms with Gasteiger partial charge in [0.15, 0.2) is 0 Å². The third kappa shape index (κ3) is 3.36. The summed E-state index contributed by atoms with van der Waals surface area (Å²) in [5, 5.41) is 6.81. The molecular weight excluding hydrogens is 254 g/mol. The van der Waals surface area contributed by atoms with Crippen LogP contribution in [0.3, 0.4) is 0 Å². The molecule has 3 rings (SSSR count). The second kappa shape index (κ2) is 6.52. The van der Waals surface area contributed by atoms with Crippen molar-refractivity contribution in [2.24, 2.45) is 5.92 Å². The Labute approximate surface area is 118 Å². The first-order valence-electron chi connectivity index (χ1n) is 7.08. The maximum atomic E-state index is 5.75. The quantitative estimate of drug-likeness (QED) is 0.909. The number of hydrogen-bond acceptors (Lipinski definition) is 4. The van der Waals surface area contributed by atoms with Gasteiger partial charge >= 0.3 is 0 Å². The highest BCUT2D eigenvalue weighted by Crippen LogP contribution is 2.20. The van der Waals surface area contributed by atoms with Crippen molar-refractivity contribution in [3.05, 3.63) is 30.6 Å². The highest BCUT2D eigenvalue weighted by atomic mass is 16.5. The van der Waals surface area contributed by atoms with Crippen LogP contribution in [0.25, 0.3) is 11.4 Å². The minimum Gasteiger partial charge on any atom is -0.492 e. The van der Waals surface area contributed by atoms with Crippen molar-refractivity contribution >= 4 is 0 Å². The topological polar surface area (TPSA) is 60.0 Å². The summed E-state index contributed by atoms with van der Waals surface area (Å²) in [5.74, 6) is 1.56. The highest BCUT2D eigenvalue weighted by Gasteiger charge is 2.13. The Hall–Kier alpha value is -1.88. The van der Waals surface area contributed by atoms with Crippen LogP contribution in [0.4, 0.5) is 0 Å². The van der Waals surface area contributed by atoms with E-state index in [1.807, 2.05) is 18.2 Å². The molecule has 106 valence electrons. The van der Waals surface area contributed by atoms with Gasteiger partial charge in [0, 0.05) is 19.4 Å².